The number of hydrogen-bond acceptors (Lipinski definition) is 1. The molecule has 14 heavy (non-hydrogen) atoms. The van der Waals surface area contributed by atoms with Crippen LogP contribution in [0.1, 0.15) is 12.5 Å². The molecule has 0 aliphatic rings. The number of alkyl halides is 2. The lowest BCUT2D eigenvalue weighted by molar-refractivity contribution is 0.105. The second-order valence-corrected chi connectivity index (χ2v) is 3.13. The molecule has 0 spiro atoms. The van der Waals surface area contributed by atoms with Crippen LogP contribution in [0.4, 0.5) is 13.2 Å². The smallest absolute Gasteiger partial charge is 0.253 e. The first kappa shape index (κ1) is 11.0. The summed E-state index contributed by atoms with van der Waals surface area (Å²) in [6.07, 6.45) is -2.38. The SMILES string of the molecule is CC(NCc1ccc(F)cc1)C(F)F. The number of nitrogens with one attached hydrogen (secondary N) is 1. The maximum atomic E-state index is 12.5. The van der Waals surface area contributed by atoms with E-state index in [4.69, 9.17) is 0 Å². The summed E-state index contributed by atoms with van der Waals surface area (Å²) in [7, 11) is 0. The van der Waals surface area contributed by atoms with E-state index in [0.29, 0.717) is 6.54 Å². The van der Waals surface area contributed by atoms with Gasteiger partial charge < -0.3 is 5.32 Å². The van der Waals surface area contributed by atoms with Crippen molar-refractivity contribution in [2.24, 2.45) is 0 Å². The second-order valence-electron chi connectivity index (χ2n) is 3.13. The van der Waals surface area contributed by atoms with Crippen LogP contribution >= 0.6 is 0 Å². The molecule has 0 saturated carbocycles. The molecule has 0 heterocycles. The third-order valence-electron chi connectivity index (χ3n) is 1.92. The topological polar surface area (TPSA) is 12.0 Å². The van der Waals surface area contributed by atoms with E-state index in [0.717, 1.165) is 5.56 Å². The lowest BCUT2D eigenvalue weighted by Crippen LogP contribution is -2.31. The van der Waals surface area contributed by atoms with Crippen molar-refractivity contribution in [3.05, 3.63) is 35.6 Å². The number of halogens is 3. The Morgan fingerprint density at radius 2 is 1.79 bits per heavy atom. The molecule has 1 N–H and O–H groups in total. The zero-order chi connectivity index (χ0) is 10.6. The summed E-state index contributed by atoms with van der Waals surface area (Å²) in [5.41, 5.74) is 0.791. The van der Waals surface area contributed by atoms with Crippen LogP contribution in [0, 0.1) is 5.82 Å². The minimum atomic E-state index is -2.38. The van der Waals surface area contributed by atoms with E-state index in [1.165, 1.54) is 19.1 Å². The monoisotopic (exact) mass is 203 g/mol. The first-order chi connectivity index (χ1) is 6.59. The summed E-state index contributed by atoms with van der Waals surface area (Å²) >= 11 is 0. The zero-order valence-corrected chi connectivity index (χ0v) is 7.81. The van der Waals surface area contributed by atoms with Crippen molar-refractivity contribution in [1.29, 1.82) is 0 Å². The molecule has 0 aliphatic carbocycles. The van der Waals surface area contributed by atoms with Crippen molar-refractivity contribution in [3.8, 4) is 0 Å². The van der Waals surface area contributed by atoms with Gasteiger partial charge in [0.25, 0.3) is 6.43 Å². The molecular formula is C10H12F3N. The molecule has 4 heteroatoms. The summed E-state index contributed by atoms with van der Waals surface area (Å²) < 4.78 is 36.6. The largest absolute Gasteiger partial charge is 0.305 e. The number of rotatable bonds is 4. The lowest BCUT2D eigenvalue weighted by Gasteiger charge is -2.12. The number of benzene rings is 1. The Morgan fingerprint density at radius 1 is 1.21 bits per heavy atom. The quantitative estimate of drug-likeness (QED) is 0.793. The van der Waals surface area contributed by atoms with Gasteiger partial charge in [-0.2, -0.15) is 0 Å². The van der Waals surface area contributed by atoms with Gasteiger partial charge in [-0.05, 0) is 24.6 Å². The average molecular weight is 203 g/mol. The predicted octanol–water partition coefficient (Wildman–Crippen LogP) is 2.57. The van der Waals surface area contributed by atoms with Crippen LogP contribution in [0.2, 0.25) is 0 Å². The molecule has 0 bridgehead atoms. The van der Waals surface area contributed by atoms with Crippen molar-refractivity contribution < 1.29 is 13.2 Å². The van der Waals surface area contributed by atoms with Crippen LogP contribution in [0.3, 0.4) is 0 Å². The molecular weight excluding hydrogens is 191 g/mol. The van der Waals surface area contributed by atoms with Crippen molar-refractivity contribution in [2.45, 2.75) is 25.9 Å². The van der Waals surface area contributed by atoms with Gasteiger partial charge >= 0.3 is 0 Å². The normalized spacial score (nSPS) is 13.2. The summed E-state index contributed by atoms with van der Waals surface area (Å²) in [5.74, 6) is -0.323. The first-order valence-electron chi connectivity index (χ1n) is 4.35. The highest BCUT2D eigenvalue weighted by Crippen LogP contribution is 2.04. The Hall–Kier alpha value is -1.03. The Morgan fingerprint density at radius 3 is 2.29 bits per heavy atom. The van der Waals surface area contributed by atoms with Crippen molar-refractivity contribution in [1.82, 2.24) is 5.32 Å². The zero-order valence-electron chi connectivity index (χ0n) is 7.81. The molecule has 78 valence electrons. The van der Waals surface area contributed by atoms with Crippen LogP contribution in [-0.4, -0.2) is 12.5 Å². The van der Waals surface area contributed by atoms with Crippen molar-refractivity contribution in [2.75, 3.05) is 0 Å². The summed E-state index contributed by atoms with van der Waals surface area (Å²) in [6.45, 7) is 1.74. The van der Waals surface area contributed by atoms with E-state index in [9.17, 15) is 13.2 Å². The summed E-state index contributed by atoms with van der Waals surface area (Å²) in [4.78, 5) is 0. The van der Waals surface area contributed by atoms with E-state index >= 15 is 0 Å². The Bertz CT molecular complexity index is 271. The predicted molar refractivity (Wildman–Crippen MR) is 48.7 cm³/mol. The molecule has 1 nitrogen and oxygen atoms in total. The molecule has 1 atom stereocenters. The van der Waals surface area contributed by atoms with E-state index in [2.05, 4.69) is 5.32 Å². The Labute approximate surface area is 80.9 Å². The van der Waals surface area contributed by atoms with Crippen molar-refractivity contribution >= 4 is 0 Å². The second kappa shape index (κ2) is 5.00. The maximum Gasteiger partial charge on any atom is 0.253 e. The molecule has 0 fully saturated rings. The minimum Gasteiger partial charge on any atom is -0.305 e. The molecule has 1 aromatic carbocycles. The van der Waals surface area contributed by atoms with Gasteiger partial charge in [0, 0.05) is 6.54 Å². The van der Waals surface area contributed by atoms with Gasteiger partial charge in [0.1, 0.15) is 5.82 Å². The third kappa shape index (κ3) is 3.38. The summed E-state index contributed by atoms with van der Waals surface area (Å²) in [5, 5.41) is 2.65. The average Bonchev–Trinajstić information content (AvgIpc) is 2.16. The van der Waals surface area contributed by atoms with Crippen LogP contribution in [0.15, 0.2) is 24.3 Å². The number of hydrogen-bond donors (Lipinski definition) is 1. The van der Waals surface area contributed by atoms with Crippen molar-refractivity contribution in [3.63, 3.8) is 0 Å². The maximum absolute atomic E-state index is 12.5. The van der Waals surface area contributed by atoms with Gasteiger partial charge in [-0.25, -0.2) is 13.2 Å². The van der Waals surface area contributed by atoms with Gasteiger partial charge in [-0.15, -0.1) is 0 Å². The van der Waals surface area contributed by atoms with E-state index in [1.54, 1.807) is 12.1 Å². The minimum absolute atomic E-state index is 0.323. The van der Waals surface area contributed by atoms with Crippen LogP contribution in [0.25, 0.3) is 0 Å². The standard InChI is InChI=1S/C10H12F3N/c1-7(10(12)13)14-6-8-2-4-9(11)5-3-8/h2-5,7,10,14H,6H2,1H3. The third-order valence-corrected chi connectivity index (χ3v) is 1.92. The summed E-state index contributed by atoms with van der Waals surface area (Å²) in [6, 6.07) is 4.91. The van der Waals surface area contributed by atoms with Gasteiger partial charge in [-0.1, -0.05) is 12.1 Å². The molecule has 1 aromatic rings. The van der Waals surface area contributed by atoms with Gasteiger partial charge in [0.05, 0.1) is 6.04 Å². The highest BCUT2D eigenvalue weighted by Gasteiger charge is 2.12. The Balaban J connectivity index is 2.42. The van der Waals surface area contributed by atoms with Gasteiger partial charge in [0.15, 0.2) is 0 Å². The highest BCUT2D eigenvalue weighted by atomic mass is 19.3. The Kier molecular flexibility index (Phi) is 3.95. The fourth-order valence-electron chi connectivity index (χ4n) is 0.970. The van der Waals surface area contributed by atoms with Crippen LogP contribution in [0.5, 0.6) is 0 Å². The fraction of sp³-hybridized carbons (Fsp3) is 0.400. The highest BCUT2D eigenvalue weighted by molar-refractivity contribution is 5.15. The van der Waals surface area contributed by atoms with E-state index < -0.39 is 12.5 Å². The van der Waals surface area contributed by atoms with Gasteiger partial charge in [0.2, 0.25) is 0 Å². The van der Waals surface area contributed by atoms with Crippen LogP contribution in [-0.2, 0) is 6.54 Å². The molecule has 1 unspecified atom stereocenters. The molecule has 0 radical (unpaired) electrons. The van der Waals surface area contributed by atoms with E-state index in [-0.39, 0.29) is 5.82 Å². The van der Waals surface area contributed by atoms with Crippen LogP contribution < -0.4 is 5.32 Å². The van der Waals surface area contributed by atoms with E-state index in [1.807, 2.05) is 0 Å². The molecule has 0 aromatic heterocycles. The molecule has 0 saturated heterocycles. The fourth-order valence-corrected chi connectivity index (χ4v) is 0.970. The first-order valence-corrected chi connectivity index (χ1v) is 4.35. The molecule has 1 rings (SSSR count). The lowest BCUT2D eigenvalue weighted by atomic mass is 10.2. The molecule has 0 amide bonds. The van der Waals surface area contributed by atoms with Gasteiger partial charge in [-0.3, -0.25) is 0 Å². The molecule has 0 aliphatic heterocycles.